The molecular weight excluding hydrogens is 298 g/mol. The van der Waals surface area contributed by atoms with Gasteiger partial charge in [-0.15, -0.1) is 0 Å². The number of rotatable bonds is 6. The number of hydrogen-bond donors (Lipinski definition) is 0. The Bertz CT molecular complexity index is 736. The number of aromatic nitrogens is 2. The molecule has 21 heavy (non-hydrogen) atoms. The van der Waals surface area contributed by atoms with Crippen LogP contribution in [0.25, 0.3) is 10.2 Å². The zero-order valence-electron chi connectivity index (χ0n) is 11.3. The fourth-order valence-corrected chi connectivity index (χ4v) is 2.75. The van der Waals surface area contributed by atoms with E-state index in [-0.39, 0.29) is 29.0 Å². The third-order valence-corrected chi connectivity index (χ3v) is 3.82. The van der Waals surface area contributed by atoms with Gasteiger partial charge in [-0.05, 0) is 24.9 Å². The Hall–Kier alpha value is -2.29. The second-order valence-electron chi connectivity index (χ2n) is 4.21. The molecule has 2 heterocycles. The van der Waals surface area contributed by atoms with Crippen molar-refractivity contribution in [2.45, 2.75) is 26.3 Å². The van der Waals surface area contributed by atoms with Crippen LogP contribution in [-0.2, 0) is 16.1 Å². The SMILES string of the molecule is CCOC(=O)CCCn1sc2ncc([N+](=O)[O-])cc2c1=O. The Labute approximate surface area is 123 Å². The Morgan fingerprint density at radius 1 is 1.57 bits per heavy atom. The van der Waals surface area contributed by atoms with Crippen molar-refractivity contribution in [2.75, 3.05) is 6.61 Å². The molecule has 112 valence electrons. The molecular formula is C12H13N3O5S. The first-order valence-corrected chi connectivity index (χ1v) is 7.10. The molecule has 8 nitrogen and oxygen atoms in total. The predicted molar refractivity (Wildman–Crippen MR) is 76.4 cm³/mol. The molecule has 0 aliphatic rings. The molecule has 9 heteroatoms. The molecule has 0 N–H and O–H groups in total. The van der Waals surface area contributed by atoms with Crippen molar-refractivity contribution in [1.82, 2.24) is 8.94 Å². The molecule has 0 aliphatic carbocycles. The van der Waals surface area contributed by atoms with Gasteiger partial charge in [0.05, 0.1) is 16.9 Å². The van der Waals surface area contributed by atoms with Gasteiger partial charge in [-0.2, -0.15) is 0 Å². The van der Waals surface area contributed by atoms with Gasteiger partial charge >= 0.3 is 5.97 Å². The van der Waals surface area contributed by atoms with Crippen LogP contribution in [0.1, 0.15) is 19.8 Å². The molecule has 0 aliphatic heterocycles. The lowest BCUT2D eigenvalue weighted by Gasteiger charge is -2.01. The number of ether oxygens (including phenoxy) is 1. The molecule has 0 saturated heterocycles. The summed E-state index contributed by atoms with van der Waals surface area (Å²) in [5.74, 6) is -0.305. The fraction of sp³-hybridized carbons (Fsp3) is 0.417. The Morgan fingerprint density at radius 2 is 2.33 bits per heavy atom. The summed E-state index contributed by atoms with van der Waals surface area (Å²) >= 11 is 1.13. The van der Waals surface area contributed by atoms with E-state index >= 15 is 0 Å². The summed E-state index contributed by atoms with van der Waals surface area (Å²) < 4.78 is 6.25. The second kappa shape index (κ2) is 6.44. The number of hydrogen-bond acceptors (Lipinski definition) is 7. The van der Waals surface area contributed by atoms with E-state index in [0.29, 0.717) is 24.4 Å². The van der Waals surface area contributed by atoms with E-state index in [4.69, 9.17) is 4.74 Å². The van der Waals surface area contributed by atoms with Crippen molar-refractivity contribution >= 4 is 33.4 Å². The van der Waals surface area contributed by atoms with Gasteiger partial charge in [0.1, 0.15) is 11.0 Å². The van der Waals surface area contributed by atoms with Gasteiger partial charge in [0.15, 0.2) is 0 Å². The first kappa shape index (κ1) is 15.1. The largest absolute Gasteiger partial charge is 0.466 e. The van der Waals surface area contributed by atoms with Gasteiger partial charge in [-0.25, -0.2) is 4.98 Å². The Morgan fingerprint density at radius 3 is 3.00 bits per heavy atom. The molecule has 0 amide bonds. The number of fused-ring (bicyclic) bond motifs is 1. The zero-order valence-corrected chi connectivity index (χ0v) is 12.1. The lowest BCUT2D eigenvalue weighted by molar-refractivity contribution is -0.385. The van der Waals surface area contributed by atoms with Gasteiger partial charge in [-0.3, -0.25) is 23.7 Å². The van der Waals surface area contributed by atoms with Gasteiger partial charge in [-0.1, -0.05) is 0 Å². The van der Waals surface area contributed by atoms with E-state index in [1.54, 1.807) is 6.92 Å². The summed E-state index contributed by atoms with van der Waals surface area (Å²) in [7, 11) is 0. The molecule has 2 aromatic heterocycles. The van der Waals surface area contributed by atoms with Crippen LogP contribution in [0.3, 0.4) is 0 Å². The molecule has 0 bridgehead atoms. The van der Waals surface area contributed by atoms with Crippen LogP contribution in [0.15, 0.2) is 17.1 Å². The maximum absolute atomic E-state index is 12.1. The van der Waals surface area contributed by atoms with Crippen molar-refractivity contribution in [3.63, 3.8) is 0 Å². The fourth-order valence-electron chi connectivity index (χ4n) is 1.79. The number of pyridine rings is 1. The summed E-state index contributed by atoms with van der Waals surface area (Å²) in [6.45, 7) is 2.41. The van der Waals surface area contributed by atoms with Crippen LogP contribution in [0.5, 0.6) is 0 Å². The van der Waals surface area contributed by atoms with Crippen molar-refractivity contribution in [2.24, 2.45) is 0 Å². The van der Waals surface area contributed by atoms with E-state index < -0.39 is 4.92 Å². The normalized spacial score (nSPS) is 10.7. The summed E-state index contributed by atoms with van der Waals surface area (Å²) in [6.07, 6.45) is 1.82. The third-order valence-electron chi connectivity index (χ3n) is 2.75. The molecule has 2 rings (SSSR count). The summed E-state index contributed by atoms with van der Waals surface area (Å²) in [5, 5.41) is 10.9. The van der Waals surface area contributed by atoms with Crippen LogP contribution in [-0.4, -0.2) is 26.4 Å². The van der Waals surface area contributed by atoms with Crippen molar-refractivity contribution in [3.8, 4) is 0 Å². The zero-order chi connectivity index (χ0) is 15.4. The second-order valence-corrected chi connectivity index (χ2v) is 5.22. The summed E-state index contributed by atoms with van der Waals surface area (Å²) in [6, 6.07) is 1.23. The van der Waals surface area contributed by atoms with Gasteiger partial charge in [0.25, 0.3) is 11.2 Å². The minimum Gasteiger partial charge on any atom is -0.466 e. The van der Waals surface area contributed by atoms with Crippen molar-refractivity contribution < 1.29 is 14.5 Å². The van der Waals surface area contributed by atoms with Gasteiger partial charge in [0.2, 0.25) is 0 Å². The highest BCUT2D eigenvalue weighted by atomic mass is 32.1. The maximum Gasteiger partial charge on any atom is 0.305 e. The molecule has 0 radical (unpaired) electrons. The minimum atomic E-state index is -0.589. The van der Waals surface area contributed by atoms with Crippen molar-refractivity contribution in [1.29, 1.82) is 0 Å². The van der Waals surface area contributed by atoms with Gasteiger partial charge < -0.3 is 4.74 Å². The quantitative estimate of drug-likeness (QED) is 0.457. The highest BCUT2D eigenvalue weighted by Crippen LogP contribution is 2.19. The number of nitro groups is 1. The molecule has 0 spiro atoms. The van der Waals surface area contributed by atoms with Crippen LogP contribution in [0, 0.1) is 10.1 Å². The predicted octanol–water partition coefficient (Wildman–Crippen LogP) is 1.71. The molecule has 0 fully saturated rings. The van der Waals surface area contributed by atoms with Crippen LogP contribution >= 0.6 is 11.5 Å². The average Bonchev–Trinajstić information content (AvgIpc) is 2.75. The first-order valence-electron chi connectivity index (χ1n) is 6.32. The summed E-state index contributed by atoms with van der Waals surface area (Å²) in [4.78, 5) is 37.8. The lowest BCUT2D eigenvalue weighted by Crippen LogP contribution is -2.14. The van der Waals surface area contributed by atoms with Gasteiger partial charge in [0, 0.05) is 19.0 Å². The monoisotopic (exact) mass is 311 g/mol. The smallest absolute Gasteiger partial charge is 0.305 e. The number of carbonyl (C=O) groups is 1. The van der Waals surface area contributed by atoms with Crippen LogP contribution in [0.4, 0.5) is 5.69 Å². The highest BCUT2D eigenvalue weighted by Gasteiger charge is 2.14. The molecule has 2 aromatic rings. The topological polar surface area (TPSA) is 104 Å². The minimum absolute atomic E-state index is 0.212. The summed E-state index contributed by atoms with van der Waals surface area (Å²) in [5.41, 5.74) is -0.536. The Balaban J connectivity index is 2.14. The van der Waals surface area contributed by atoms with E-state index in [1.807, 2.05) is 0 Å². The Kier molecular flexibility index (Phi) is 4.63. The number of esters is 1. The van der Waals surface area contributed by atoms with E-state index in [1.165, 1.54) is 10.0 Å². The van der Waals surface area contributed by atoms with E-state index in [2.05, 4.69) is 4.98 Å². The number of carbonyl (C=O) groups excluding carboxylic acids is 1. The third kappa shape index (κ3) is 3.43. The van der Waals surface area contributed by atoms with Crippen LogP contribution < -0.4 is 5.56 Å². The first-order chi connectivity index (χ1) is 10.0. The number of aryl methyl sites for hydroxylation is 1. The van der Waals surface area contributed by atoms with E-state index in [0.717, 1.165) is 17.7 Å². The molecule has 0 saturated carbocycles. The van der Waals surface area contributed by atoms with Crippen molar-refractivity contribution in [3.05, 3.63) is 32.7 Å². The molecule has 0 aromatic carbocycles. The maximum atomic E-state index is 12.1. The molecule has 0 atom stereocenters. The van der Waals surface area contributed by atoms with Crippen LogP contribution in [0.2, 0.25) is 0 Å². The molecule has 0 unspecified atom stereocenters. The average molecular weight is 311 g/mol. The van der Waals surface area contributed by atoms with E-state index in [9.17, 15) is 19.7 Å². The lowest BCUT2D eigenvalue weighted by atomic mass is 10.3. The number of nitrogens with zero attached hydrogens (tertiary/aromatic N) is 3. The standard InChI is InChI=1S/C12H13N3O5S/c1-2-20-10(16)4-3-5-14-12(17)9-6-8(15(18)19)7-13-11(9)21-14/h6-7H,2-5H2,1H3. The highest BCUT2D eigenvalue weighted by molar-refractivity contribution is 7.13.